The molecule has 0 aliphatic rings. The van der Waals surface area contributed by atoms with Crippen molar-refractivity contribution in [2.45, 2.75) is 25.5 Å². The maximum atomic E-state index is 13.1. The number of benzene rings is 1. The van der Waals surface area contributed by atoms with E-state index < -0.39 is 5.82 Å². The summed E-state index contributed by atoms with van der Waals surface area (Å²) in [6.07, 6.45) is 1.57. The highest BCUT2D eigenvalue weighted by Crippen LogP contribution is 2.23. The molecule has 0 aliphatic heterocycles. The third kappa shape index (κ3) is 4.69. The summed E-state index contributed by atoms with van der Waals surface area (Å²) in [5.41, 5.74) is 0.481. The van der Waals surface area contributed by atoms with Gasteiger partial charge in [0.25, 0.3) is 5.56 Å². The Morgan fingerprint density at radius 2 is 2.14 bits per heavy atom. The highest BCUT2D eigenvalue weighted by Gasteiger charge is 2.15. The first-order chi connectivity index (χ1) is 13.3. The number of thioether (sulfide) groups is 1. The van der Waals surface area contributed by atoms with Crippen molar-refractivity contribution in [3.05, 3.63) is 57.7 Å². The molecule has 2 aromatic heterocycles. The standard InChI is InChI=1S/C19H18ClFN4O2S/c1-11(2)9-25-18(27)13-4-3-7-22-17(13)24-19(25)28-10-16(26)23-15-6-5-12(21)8-14(15)20/h3-8,11H,9-10H2,1-2H3,(H,23,26). The van der Waals surface area contributed by atoms with E-state index in [0.29, 0.717) is 28.4 Å². The summed E-state index contributed by atoms with van der Waals surface area (Å²) in [5.74, 6) is -0.593. The molecule has 2 heterocycles. The molecule has 3 aromatic rings. The molecule has 0 bridgehead atoms. The van der Waals surface area contributed by atoms with Gasteiger partial charge < -0.3 is 5.32 Å². The van der Waals surface area contributed by atoms with Crippen LogP contribution in [0.25, 0.3) is 11.0 Å². The molecule has 9 heteroatoms. The van der Waals surface area contributed by atoms with Crippen molar-refractivity contribution in [3.63, 3.8) is 0 Å². The molecule has 1 amide bonds. The molecule has 3 rings (SSSR count). The Balaban J connectivity index is 1.82. The Morgan fingerprint density at radius 1 is 1.36 bits per heavy atom. The van der Waals surface area contributed by atoms with Gasteiger partial charge in [-0.1, -0.05) is 37.2 Å². The Hall–Kier alpha value is -2.45. The lowest BCUT2D eigenvalue weighted by Crippen LogP contribution is -2.26. The molecule has 6 nitrogen and oxygen atoms in total. The minimum atomic E-state index is -0.483. The largest absolute Gasteiger partial charge is 0.324 e. The van der Waals surface area contributed by atoms with Crippen LogP contribution in [0, 0.1) is 11.7 Å². The van der Waals surface area contributed by atoms with Gasteiger partial charge in [-0.2, -0.15) is 0 Å². The summed E-state index contributed by atoms with van der Waals surface area (Å²) in [7, 11) is 0. The van der Waals surface area contributed by atoms with Gasteiger partial charge in [-0.3, -0.25) is 14.2 Å². The van der Waals surface area contributed by atoms with E-state index in [1.807, 2.05) is 13.8 Å². The van der Waals surface area contributed by atoms with E-state index in [2.05, 4.69) is 15.3 Å². The van der Waals surface area contributed by atoms with Gasteiger partial charge in [-0.25, -0.2) is 14.4 Å². The molecule has 0 atom stereocenters. The van der Waals surface area contributed by atoms with Gasteiger partial charge >= 0.3 is 0 Å². The van der Waals surface area contributed by atoms with Crippen molar-refractivity contribution in [2.24, 2.45) is 5.92 Å². The fraction of sp³-hybridized carbons (Fsp3) is 0.263. The van der Waals surface area contributed by atoms with Crippen LogP contribution in [0.15, 0.2) is 46.5 Å². The zero-order valence-corrected chi connectivity index (χ0v) is 16.9. The number of nitrogens with zero attached hydrogens (tertiary/aromatic N) is 3. The van der Waals surface area contributed by atoms with Gasteiger partial charge in [-0.05, 0) is 36.2 Å². The number of fused-ring (bicyclic) bond motifs is 1. The number of carbonyl (C=O) groups excluding carboxylic acids is 1. The summed E-state index contributed by atoms with van der Waals surface area (Å²) in [6, 6.07) is 7.11. The number of aromatic nitrogens is 3. The van der Waals surface area contributed by atoms with Crippen LogP contribution in [0.5, 0.6) is 0 Å². The van der Waals surface area contributed by atoms with Crippen LogP contribution in [-0.2, 0) is 11.3 Å². The van der Waals surface area contributed by atoms with Gasteiger partial charge in [0.15, 0.2) is 10.8 Å². The number of anilines is 1. The SMILES string of the molecule is CC(C)Cn1c(SCC(=O)Nc2ccc(F)cc2Cl)nc2ncccc2c1=O. The topological polar surface area (TPSA) is 76.9 Å². The molecule has 0 fully saturated rings. The number of pyridine rings is 1. The van der Waals surface area contributed by atoms with Gasteiger partial charge in [0.1, 0.15) is 5.82 Å². The summed E-state index contributed by atoms with van der Waals surface area (Å²) >= 11 is 7.07. The molecule has 28 heavy (non-hydrogen) atoms. The Labute approximate surface area is 170 Å². The Bertz CT molecular complexity index is 1090. The smallest absolute Gasteiger partial charge is 0.263 e. The van der Waals surface area contributed by atoms with Gasteiger partial charge in [0.2, 0.25) is 5.91 Å². The number of amides is 1. The lowest BCUT2D eigenvalue weighted by atomic mass is 10.2. The minimum Gasteiger partial charge on any atom is -0.324 e. The molecule has 0 aliphatic carbocycles. The molecule has 146 valence electrons. The third-order valence-electron chi connectivity index (χ3n) is 3.78. The Morgan fingerprint density at radius 3 is 2.86 bits per heavy atom. The van der Waals surface area contributed by atoms with E-state index in [1.165, 1.54) is 12.1 Å². The van der Waals surface area contributed by atoms with E-state index in [-0.39, 0.29) is 28.2 Å². The van der Waals surface area contributed by atoms with Crippen LogP contribution in [0.4, 0.5) is 10.1 Å². The first-order valence-corrected chi connectivity index (χ1v) is 9.94. The highest BCUT2D eigenvalue weighted by atomic mass is 35.5. The fourth-order valence-electron chi connectivity index (χ4n) is 2.58. The van der Waals surface area contributed by atoms with E-state index in [4.69, 9.17) is 11.6 Å². The normalized spacial score (nSPS) is 11.2. The van der Waals surface area contributed by atoms with Crippen LogP contribution in [0.3, 0.4) is 0 Å². The summed E-state index contributed by atoms with van der Waals surface area (Å²) in [5, 5.41) is 3.61. The number of rotatable bonds is 6. The van der Waals surface area contributed by atoms with Crippen LogP contribution < -0.4 is 10.9 Å². The molecule has 0 saturated heterocycles. The predicted molar refractivity (Wildman–Crippen MR) is 109 cm³/mol. The van der Waals surface area contributed by atoms with Gasteiger partial charge in [0, 0.05) is 12.7 Å². The summed E-state index contributed by atoms with van der Waals surface area (Å²) in [6.45, 7) is 4.47. The number of carbonyl (C=O) groups is 1. The van der Waals surface area contributed by atoms with Crippen LogP contribution in [0.2, 0.25) is 5.02 Å². The maximum absolute atomic E-state index is 13.1. The van der Waals surface area contributed by atoms with Crippen LogP contribution in [0.1, 0.15) is 13.8 Å². The van der Waals surface area contributed by atoms with E-state index in [0.717, 1.165) is 17.8 Å². The number of hydrogen-bond acceptors (Lipinski definition) is 5. The van der Waals surface area contributed by atoms with Gasteiger partial charge in [0.05, 0.1) is 21.8 Å². The number of nitrogens with one attached hydrogen (secondary N) is 1. The summed E-state index contributed by atoms with van der Waals surface area (Å²) < 4.78 is 14.7. The van der Waals surface area contributed by atoms with Crippen LogP contribution >= 0.6 is 23.4 Å². The molecule has 0 spiro atoms. The zero-order chi connectivity index (χ0) is 20.3. The van der Waals surface area contributed by atoms with Crippen molar-refractivity contribution in [1.29, 1.82) is 0 Å². The molecule has 1 N–H and O–H groups in total. The highest BCUT2D eigenvalue weighted by molar-refractivity contribution is 7.99. The molecule has 1 aromatic carbocycles. The Kier molecular flexibility index (Phi) is 6.31. The molecule has 0 saturated carbocycles. The van der Waals surface area contributed by atoms with Crippen LogP contribution in [-0.4, -0.2) is 26.2 Å². The first kappa shape index (κ1) is 20.3. The average molecular weight is 421 g/mol. The van der Waals surface area contributed by atoms with E-state index in [1.54, 1.807) is 22.9 Å². The van der Waals surface area contributed by atoms with Crippen molar-refractivity contribution >= 4 is 46.0 Å². The maximum Gasteiger partial charge on any atom is 0.263 e. The second-order valence-electron chi connectivity index (χ2n) is 6.54. The molecule has 0 unspecified atom stereocenters. The van der Waals surface area contributed by atoms with E-state index >= 15 is 0 Å². The van der Waals surface area contributed by atoms with Gasteiger partial charge in [-0.15, -0.1) is 0 Å². The second kappa shape index (κ2) is 8.70. The quantitative estimate of drug-likeness (QED) is 0.482. The molecule has 0 radical (unpaired) electrons. The average Bonchev–Trinajstić information content (AvgIpc) is 2.65. The van der Waals surface area contributed by atoms with Crippen molar-refractivity contribution in [1.82, 2.24) is 14.5 Å². The lowest BCUT2D eigenvalue weighted by Gasteiger charge is -2.14. The minimum absolute atomic E-state index is 0.0105. The van der Waals surface area contributed by atoms with Crippen molar-refractivity contribution in [2.75, 3.05) is 11.1 Å². The van der Waals surface area contributed by atoms with E-state index in [9.17, 15) is 14.0 Å². The number of halogens is 2. The molecular weight excluding hydrogens is 403 g/mol. The monoisotopic (exact) mass is 420 g/mol. The fourth-order valence-corrected chi connectivity index (χ4v) is 3.59. The predicted octanol–water partition coefficient (Wildman–Crippen LogP) is 3.97. The van der Waals surface area contributed by atoms with Crippen molar-refractivity contribution in [3.8, 4) is 0 Å². The first-order valence-electron chi connectivity index (χ1n) is 8.58. The number of hydrogen-bond donors (Lipinski definition) is 1. The third-order valence-corrected chi connectivity index (χ3v) is 5.07. The lowest BCUT2D eigenvalue weighted by molar-refractivity contribution is -0.113. The summed E-state index contributed by atoms with van der Waals surface area (Å²) in [4.78, 5) is 33.7. The zero-order valence-electron chi connectivity index (χ0n) is 15.3. The molecular formula is C19H18ClFN4O2S. The van der Waals surface area contributed by atoms with Crippen molar-refractivity contribution < 1.29 is 9.18 Å². The second-order valence-corrected chi connectivity index (χ2v) is 7.89.